The van der Waals surface area contributed by atoms with E-state index in [1.165, 1.54) is 0 Å². The van der Waals surface area contributed by atoms with Crippen LogP contribution in [-0.2, 0) is 0 Å². The molecule has 0 spiro atoms. The van der Waals surface area contributed by atoms with Gasteiger partial charge in [0.25, 0.3) is 0 Å². The van der Waals surface area contributed by atoms with Gasteiger partial charge in [-0.05, 0) is 0 Å². The van der Waals surface area contributed by atoms with E-state index in [4.69, 9.17) is 0 Å². The van der Waals surface area contributed by atoms with E-state index >= 15 is 0 Å². The molecule has 0 aromatic carbocycles. The summed E-state index contributed by atoms with van der Waals surface area (Å²) >= 11 is 0. The van der Waals surface area contributed by atoms with Crippen LogP contribution in [0.4, 0.5) is 9.59 Å². The van der Waals surface area contributed by atoms with Gasteiger partial charge in [0, 0.05) is 0 Å². The molecule has 0 aliphatic heterocycles. The number of azo groups is 1. The van der Waals surface area contributed by atoms with Crippen molar-refractivity contribution >= 4 is 12.1 Å². The molecule has 0 rings (SSSR count). The number of amides is 4. The lowest BCUT2D eigenvalue weighted by atomic mass is 11.1. The fourth-order valence-electron chi connectivity index (χ4n) is 0.0986. The Bertz CT molecular complexity index is 127. The van der Waals surface area contributed by atoms with Gasteiger partial charge < -0.3 is 27.9 Å². The van der Waals surface area contributed by atoms with E-state index in [0.29, 0.717) is 0 Å². The van der Waals surface area contributed by atoms with Gasteiger partial charge in [0.2, 0.25) is 0 Å². The summed E-state index contributed by atoms with van der Waals surface area (Å²) in [4.78, 5) is 19.3. The van der Waals surface area contributed by atoms with Crippen LogP contribution in [0.1, 0.15) is 0 Å². The third-order valence-electron chi connectivity index (χ3n) is 0.247. The molecule has 68 valence electrons. The molecule has 0 saturated carbocycles. The fourth-order valence-corrected chi connectivity index (χ4v) is 0.0986. The van der Waals surface area contributed by atoms with Crippen molar-refractivity contribution in [3.63, 3.8) is 0 Å². The smallest absolute Gasteiger partial charge is 0.357 e. The number of urea groups is 2. The second kappa shape index (κ2) is 11.2. The Hall–Kier alpha value is -1.58. The quantitative estimate of drug-likeness (QED) is 0.367. The molecule has 0 saturated heterocycles. The molecule has 0 aliphatic carbocycles. The minimum Gasteiger partial charge on any atom is -0.412 e. The molecule has 0 unspecified atom stereocenters. The largest absolute Gasteiger partial charge is 0.412 e. The summed E-state index contributed by atoms with van der Waals surface area (Å²) in [6, 6.07) is -2.08. The minimum absolute atomic E-state index is 0. The van der Waals surface area contributed by atoms with Crippen molar-refractivity contribution in [2.24, 2.45) is 21.7 Å². The number of hydrogen-bond acceptors (Lipinski definition) is 2. The third kappa shape index (κ3) is 29.7. The zero-order valence-corrected chi connectivity index (χ0v) is 5.37. The van der Waals surface area contributed by atoms with E-state index in [0.717, 1.165) is 0 Å². The highest BCUT2D eigenvalue weighted by Gasteiger charge is 1.86. The van der Waals surface area contributed by atoms with Crippen LogP contribution >= 0.6 is 0 Å². The van der Waals surface area contributed by atoms with Gasteiger partial charge in [-0.1, -0.05) is 10.2 Å². The summed E-state index contributed by atoms with van der Waals surface area (Å²) in [5.41, 5.74) is 8.87. The van der Waals surface area contributed by atoms with Gasteiger partial charge in [-0.3, -0.25) is 0 Å². The van der Waals surface area contributed by atoms with Crippen molar-refractivity contribution in [1.82, 2.24) is 0 Å². The number of nitrogens with two attached hydrogens (primary N) is 2. The first-order valence-corrected chi connectivity index (χ1v) is 1.63. The summed E-state index contributed by atoms with van der Waals surface area (Å²) in [7, 11) is 0. The second-order valence-corrected chi connectivity index (χ2v) is 0.876. The number of carbonyl (C=O) groups excluding carboxylic acids is 2. The average Bonchev–Trinajstić information content (AvgIpc) is 1.61. The highest BCUT2D eigenvalue weighted by molar-refractivity contribution is 5.77. The number of carbonyl (C=O) groups is 2. The highest BCUT2D eigenvalue weighted by Crippen LogP contribution is 1.72. The topological polar surface area (TPSA) is 205 Å². The van der Waals surface area contributed by atoms with Crippen LogP contribution in [0.25, 0.3) is 0 Å². The summed E-state index contributed by atoms with van der Waals surface area (Å²) < 4.78 is 0. The van der Waals surface area contributed by atoms with Crippen molar-refractivity contribution in [2.75, 3.05) is 0 Å². The van der Waals surface area contributed by atoms with Gasteiger partial charge in [-0.2, -0.15) is 0 Å². The van der Waals surface area contributed by atoms with Crippen LogP contribution in [0.5, 0.6) is 0 Å². The van der Waals surface area contributed by atoms with Gasteiger partial charge in [-0.15, -0.1) is 0 Å². The molecular weight excluding hydrogens is 160 g/mol. The predicted molar refractivity (Wildman–Crippen MR) is 34.9 cm³/mol. The second-order valence-electron chi connectivity index (χ2n) is 0.876. The Balaban J connectivity index is -0.0000000817. The minimum atomic E-state index is -1.04. The molecule has 0 aliphatic rings. The van der Waals surface area contributed by atoms with Gasteiger partial charge >= 0.3 is 12.1 Å². The molecule has 0 aromatic heterocycles. The SMILES string of the molecule is NC(=O)N=NC(N)=O.O.O.O. The molecule has 0 fully saturated rings. The zero-order valence-electron chi connectivity index (χ0n) is 5.37. The first-order valence-electron chi connectivity index (χ1n) is 1.63. The van der Waals surface area contributed by atoms with Crippen molar-refractivity contribution in [3.8, 4) is 0 Å². The maximum atomic E-state index is 9.66. The van der Waals surface area contributed by atoms with E-state index in [-0.39, 0.29) is 16.4 Å². The molecule has 4 amide bonds. The van der Waals surface area contributed by atoms with Gasteiger partial charge in [0.05, 0.1) is 0 Å². The first kappa shape index (κ1) is 22.7. The third-order valence-corrected chi connectivity index (χ3v) is 0.247. The normalized spacial score (nSPS) is 6.91. The summed E-state index contributed by atoms with van der Waals surface area (Å²) in [5, 5.41) is 5.23. The molecule has 0 heterocycles. The van der Waals surface area contributed by atoms with Crippen LogP contribution in [-0.4, -0.2) is 28.5 Å². The number of hydrogen-bond donors (Lipinski definition) is 2. The summed E-state index contributed by atoms with van der Waals surface area (Å²) in [6.45, 7) is 0. The van der Waals surface area contributed by atoms with Crippen molar-refractivity contribution in [2.45, 2.75) is 0 Å². The summed E-state index contributed by atoms with van der Waals surface area (Å²) in [5.74, 6) is 0. The lowest BCUT2D eigenvalue weighted by molar-refractivity contribution is 0.249. The van der Waals surface area contributed by atoms with Gasteiger partial charge in [0.15, 0.2) is 0 Å². The fraction of sp³-hybridized carbons (Fsp3) is 0. The Labute approximate surface area is 61.0 Å². The summed E-state index contributed by atoms with van der Waals surface area (Å²) in [6.07, 6.45) is 0. The van der Waals surface area contributed by atoms with Gasteiger partial charge in [0.1, 0.15) is 0 Å². The Morgan fingerprint density at radius 3 is 1.09 bits per heavy atom. The van der Waals surface area contributed by atoms with Crippen LogP contribution in [0.15, 0.2) is 10.2 Å². The maximum Gasteiger partial charge on any atom is 0.357 e. The number of nitrogens with zero attached hydrogens (tertiary/aromatic N) is 2. The molecule has 9 heteroatoms. The van der Waals surface area contributed by atoms with Crippen LogP contribution < -0.4 is 11.5 Å². The lowest BCUT2D eigenvalue weighted by Gasteiger charge is -1.74. The van der Waals surface area contributed by atoms with Crippen molar-refractivity contribution < 1.29 is 26.0 Å². The molecule has 0 radical (unpaired) electrons. The van der Waals surface area contributed by atoms with E-state index in [2.05, 4.69) is 21.7 Å². The molecule has 9 nitrogen and oxygen atoms in total. The van der Waals surface area contributed by atoms with Crippen LogP contribution in [0.2, 0.25) is 0 Å². The van der Waals surface area contributed by atoms with Crippen LogP contribution in [0.3, 0.4) is 0 Å². The maximum absolute atomic E-state index is 9.66. The zero-order chi connectivity index (χ0) is 6.57. The predicted octanol–water partition coefficient (Wildman–Crippen LogP) is -2.88. The van der Waals surface area contributed by atoms with Crippen molar-refractivity contribution in [1.29, 1.82) is 0 Å². The average molecular weight is 170 g/mol. The molecule has 11 heavy (non-hydrogen) atoms. The van der Waals surface area contributed by atoms with E-state index in [9.17, 15) is 9.59 Å². The van der Waals surface area contributed by atoms with Crippen molar-refractivity contribution in [3.05, 3.63) is 0 Å². The molecular formula is C2H10N4O5. The molecule has 0 aromatic rings. The van der Waals surface area contributed by atoms with E-state index in [1.54, 1.807) is 0 Å². The highest BCUT2D eigenvalue weighted by atomic mass is 16.2. The van der Waals surface area contributed by atoms with E-state index < -0.39 is 12.1 Å². The molecule has 0 bridgehead atoms. The van der Waals surface area contributed by atoms with E-state index in [1.807, 2.05) is 0 Å². The Morgan fingerprint density at radius 1 is 0.818 bits per heavy atom. The van der Waals surface area contributed by atoms with Gasteiger partial charge in [-0.25, -0.2) is 9.59 Å². The lowest BCUT2D eigenvalue weighted by Crippen LogP contribution is -2.07. The number of primary amides is 2. The standard InChI is InChI=1S/C2H4N4O2.3H2O/c3-1(7)5-6-2(4)8;;;/h(H2,3,7)(H2,4,8);3*1H2. The Kier molecular flexibility index (Phi) is 23.2. The number of rotatable bonds is 0. The molecule has 0 atom stereocenters. The molecule has 10 N–H and O–H groups in total. The monoisotopic (exact) mass is 170 g/mol. The first-order chi connectivity index (χ1) is 3.63. The Morgan fingerprint density at radius 2 is 1.00 bits per heavy atom. The van der Waals surface area contributed by atoms with Crippen LogP contribution in [0, 0.1) is 0 Å².